The van der Waals surface area contributed by atoms with Gasteiger partial charge in [0, 0.05) is 19.3 Å². The van der Waals surface area contributed by atoms with E-state index in [2.05, 4.69) is 49.5 Å². The molecule has 1 fully saturated rings. The Hall–Kier alpha value is -0.860. The predicted molar refractivity (Wildman–Crippen MR) is 70.9 cm³/mol. The van der Waals surface area contributed by atoms with E-state index in [9.17, 15) is 0 Å². The van der Waals surface area contributed by atoms with Gasteiger partial charge in [-0.3, -0.25) is 0 Å². The van der Waals surface area contributed by atoms with Crippen LogP contribution in [0.1, 0.15) is 31.9 Å². The molecular weight excluding hydrogens is 210 g/mol. The first-order valence-corrected chi connectivity index (χ1v) is 6.69. The Bertz CT molecular complexity index is 325. The van der Waals surface area contributed by atoms with Crippen LogP contribution in [0.15, 0.2) is 30.3 Å². The average Bonchev–Trinajstić information content (AvgIpc) is 2.38. The molecule has 0 saturated carbocycles. The molecule has 3 unspecified atom stereocenters. The van der Waals surface area contributed by atoms with Gasteiger partial charge in [-0.05, 0) is 30.4 Å². The van der Waals surface area contributed by atoms with Gasteiger partial charge in [-0.25, -0.2) is 0 Å². The SMILES string of the molecule is CCNC(c1ccccc1)C1CCOCC1C. The Kier molecular flexibility index (Phi) is 4.57. The Morgan fingerprint density at radius 2 is 2.12 bits per heavy atom. The molecule has 1 saturated heterocycles. The number of hydrogen-bond acceptors (Lipinski definition) is 2. The van der Waals surface area contributed by atoms with Gasteiger partial charge in [0.2, 0.25) is 0 Å². The maximum atomic E-state index is 5.55. The van der Waals surface area contributed by atoms with E-state index in [0.717, 1.165) is 26.2 Å². The van der Waals surface area contributed by atoms with Gasteiger partial charge in [-0.1, -0.05) is 44.2 Å². The van der Waals surface area contributed by atoms with Crippen LogP contribution in [0.3, 0.4) is 0 Å². The van der Waals surface area contributed by atoms with Gasteiger partial charge in [0.1, 0.15) is 0 Å². The van der Waals surface area contributed by atoms with Crippen LogP contribution in [-0.4, -0.2) is 19.8 Å². The highest BCUT2D eigenvalue weighted by Gasteiger charge is 2.29. The van der Waals surface area contributed by atoms with E-state index in [4.69, 9.17) is 4.74 Å². The van der Waals surface area contributed by atoms with Crippen molar-refractivity contribution in [2.24, 2.45) is 11.8 Å². The molecule has 0 bridgehead atoms. The lowest BCUT2D eigenvalue weighted by atomic mass is 9.80. The van der Waals surface area contributed by atoms with Gasteiger partial charge < -0.3 is 10.1 Å². The Morgan fingerprint density at radius 1 is 1.35 bits per heavy atom. The summed E-state index contributed by atoms with van der Waals surface area (Å²) in [4.78, 5) is 0. The Morgan fingerprint density at radius 3 is 2.76 bits per heavy atom. The molecule has 0 spiro atoms. The molecular formula is C15H23NO. The summed E-state index contributed by atoms with van der Waals surface area (Å²) in [5.41, 5.74) is 1.41. The molecule has 2 rings (SSSR count). The first-order valence-electron chi connectivity index (χ1n) is 6.69. The summed E-state index contributed by atoms with van der Waals surface area (Å²) in [5, 5.41) is 3.64. The topological polar surface area (TPSA) is 21.3 Å². The average molecular weight is 233 g/mol. The third-order valence-electron chi connectivity index (χ3n) is 3.72. The van der Waals surface area contributed by atoms with Crippen molar-refractivity contribution in [1.82, 2.24) is 5.32 Å². The lowest BCUT2D eigenvalue weighted by Crippen LogP contribution is -2.36. The number of nitrogens with one attached hydrogen (secondary N) is 1. The van der Waals surface area contributed by atoms with E-state index < -0.39 is 0 Å². The molecule has 3 atom stereocenters. The standard InChI is InChI=1S/C15H23NO/c1-3-16-15(13-7-5-4-6-8-13)14-9-10-17-11-12(14)2/h4-8,12,14-16H,3,9-11H2,1-2H3. The van der Waals surface area contributed by atoms with Crippen molar-refractivity contribution in [2.75, 3.05) is 19.8 Å². The fourth-order valence-electron chi connectivity index (χ4n) is 2.79. The highest BCUT2D eigenvalue weighted by molar-refractivity contribution is 5.20. The van der Waals surface area contributed by atoms with Crippen LogP contribution in [0.25, 0.3) is 0 Å². The van der Waals surface area contributed by atoms with Crippen molar-refractivity contribution < 1.29 is 4.74 Å². The Labute approximate surface area is 104 Å². The van der Waals surface area contributed by atoms with Gasteiger partial charge >= 0.3 is 0 Å². The van der Waals surface area contributed by atoms with Crippen LogP contribution in [-0.2, 0) is 4.74 Å². The summed E-state index contributed by atoms with van der Waals surface area (Å²) in [6, 6.07) is 11.3. The molecule has 1 aromatic rings. The zero-order chi connectivity index (χ0) is 12.1. The third-order valence-corrected chi connectivity index (χ3v) is 3.72. The molecule has 2 nitrogen and oxygen atoms in total. The summed E-state index contributed by atoms with van der Waals surface area (Å²) < 4.78 is 5.55. The molecule has 1 heterocycles. The quantitative estimate of drug-likeness (QED) is 0.863. The van der Waals surface area contributed by atoms with Crippen molar-refractivity contribution in [2.45, 2.75) is 26.3 Å². The zero-order valence-electron chi connectivity index (χ0n) is 10.9. The first-order chi connectivity index (χ1) is 8.33. The van der Waals surface area contributed by atoms with Crippen molar-refractivity contribution >= 4 is 0 Å². The summed E-state index contributed by atoms with van der Waals surface area (Å²) >= 11 is 0. The third kappa shape index (κ3) is 3.08. The van der Waals surface area contributed by atoms with E-state index in [1.165, 1.54) is 5.56 Å². The molecule has 1 aliphatic heterocycles. The fourth-order valence-corrected chi connectivity index (χ4v) is 2.79. The van der Waals surface area contributed by atoms with Gasteiger partial charge in [-0.2, -0.15) is 0 Å². The van der Waals surface area contributed by atoms with Crippen molar-refractivity contribution in [3.8, 4) is 0 Å². The molecule has 0 amide bonds. The lowest BCUT2D eigenvalue weighted by Gasteiger charge is -2.36. The minimum Gasteiger partial charge on any atom is -0.381 e. The van der Waals surface area contributed by atoms with Gasteiger partial charge in [-0.15, -0.1) is 0 Å². The second kappa shape index (κ2) is 6.18. The molecule has 1 aliphatic rings. The first kappa shape index (κ1) is 12.6. The predicted octanol–water partition coefficient (Wildman–Crippen LogP) is 3.01. The summed E-state index contributed by atoms with van der Waals surface area (Å²) in [6.07, 6.45) is 1.16. The molecule has 94 valence electrons. The Balaban J connectivity index is 2.16. The fraction of sp³-hybridized carbons (Fsp3) is 0.600. The maximum absolute atomic E-state index is 5.55. The van der Waals surface area contributed by atoms with E-state index in [1.54, 1.807) is 0 Å². The zero-order valence-corrected chi connectivity index (χ0v) is 10.9. The largest absolute Gasteiger partial charge is 0.381 e. The van der Waals surface area contributed by atoms with Crippen LogP contribution in [0.5, 0.6) is 0 Å². The minimum atomic E-state index is 0.472. The maximum Gasteiger partial charge on any atom is 0.0494 e. The summed E-state index contributed by atoms with van der Waals surface area (Å²) in [5.74, 6) is 1.32. The van der Waals surface area contributed by atoms with Crippen LogP contribution in [0.4, 0.5) is 0 Å². The van der Waals surface area contributed by atoms with Gasteiger partial charge in [0.15, 0.2) is 0 Å². The number of hydrogen-bond donors (Lipinski definition) is 1. The molecule has 1 N–H and O–H groups in total. The number of rotatable bonds is 4. The smallest absolute Gasteiger partial charge is 0.0494 e. The molecule has 0 aliphatic carbocycles. The number of ether oxygens (including phenoxy) is 1. The second-order valence-electron chi connectivity index (χ2n) is 4.95. The molecule has 2 heteroatoms. The van der Waals surface area contributed by atoms with E-state index in [-0.39, 0.29) is 0 Å². The van der Waals surface area contributed by atoms with Crippen molar-refractivity contribution in [1.29, 1.82) is 0 Å². The highest BCUT2D eigenvalue weighted by Crippen LogP contribution is 2.33. The summed E-state index contributed by atoms with van der Waals surface area (Å²) in [6.45, 7) is 7.31. The molecule has 0 aromatic heterocycles. The van der Waals surface area contributed by atoms with Gasteiger partial charge in [0.25, 0.3) is 0 Å². The van der Waals surface area contributed by atoms with E-state index >= 15 is 0 Å². The number of benzene rings is 1. The van der Waals surface area contributed by atoms with Crippen LogP contribution >= 0.6 is 0 Å². The normalized spacial score (nSPS) is 26.7. The van der Waals surface area contributed by atoms with Crippen molar-refractivity contribution in [3.05, 3.63) is 35.9 Å². The van der Waals surface area contributed by atoms with Crippen LogP contribution in [0, 0.1) is 11.8 Å². The van der Waals surface area contributed by atoms with E-state index in [0.29, 0.717) is 17.9 Å². The monoisotopic (exact) mass is 233 g/mol. The molecule has 17 heavy (non-hydrogen) atoms. The van der Waals surface area contributed by atoms with Gasteiger partial charge in [0.05, 0.1) is 0 Å². The van der Waals surface area contributed by atoms with Crippen molar-refractivity contribution in [3.63, 3.8) is 0 Å². The lowest BCUT2D eigenvalue weighted by molar-refractivity contribution is 0.0108. The van der Waals surface area contributed by atoms with Crippen LogP contribution < -0.4 is 5.32 Å². The molecule has 1 aromatic carbocycles. The summed E-state index contributed by atoms with van der Waals surface area (Å²) in [7, 11) is 0. The second-order valence-corrected chi connectivity index (χ2v) is 4.95. The minimum absolute atomic E-state index is 0.472. The van der Waals surface area contributed by atoms with E-state index in [1.807, 2.05) is 0 Å². The molecule has 0 radical (unpaired) electrons. The highest BCUT2D eigenvalue weighted by atomic mass is 16.5. The van der Waals surface area contributed by atoms with Crippen LogP contribution in [0.2, 0.25) is 0 Å².